The van der Waals surface area contributed by atoms with Gasteiger partial charge < -0.3 is 15.1 Å². The number of piperazine rings is 1. The van der Waals surface area contributed by atoms with Crippen molar-refractivity contribution in [1.82, 2.24) is 15.1 Å². The number of nitrogens with one attached hydrogen (secondary N) is 1. The van der Waals surface area contributed by atoms with Crippen LogP contribution in [0.5, 0.6) is 0 Å². The van der Waals surface area contributed by atoms with E-state index in [1.54, 1.807) is 30.3 Å². The van der Waals surface area contributed by atoms with Crippen molar-refractivity contribution in [3.63, 3.8) is 0 Å². The Labute approximate surface area is 160 Å². The molecule has 0 unspecified atom stereocenters. The van der Waals surface area contributed by atoms with Crippen LogP contribution in [0.15, 0.2) is 48.5 Å². The van der Waals surface area contributed by atoms with Crippen LogP contribution >= 0.6 is 0 Å². The molecule has 0 atom stereocenters. The van der Waals surface area contributed by atoms with E-state index in [1.165, 1.54) is 9.80 Å². The van der Waals surface area contributed by atoms with Crippen molar-refractivity contribution in [2.24, 2.45) is 0 Å². The topological polar surface area (TPSA) is 69.7 Å². The molecule has 2 aromatic carbocycles. The number of hydrogen-bond donors (Lipinski definition) is 1. The van der Waals surface area contributed by atoms with E-state index in [0.717, 1.165) is 12.1 Å². The first-order valence-corrected chi connectivity index (χ1v) is 8.81. The Morgan fingerprint density at radius 3 is 2.18 bits per heavy atom. The zero-order valence-corrected chi connectivity index (χ0v) is 15.0. The third kappa shape index (κ3) is 4.51. The summed E-state index contributed by atoms with van der Waals surface area (Å²) in [7, 11) is 0. The number of amides is 3. The van der Waals surface area contributed by atoms with Crippen LogP contribution in [0.1, 0.15) is 20.7 Å². The Morgan fingerprint density at radius 1 is 0.893 bits per heavy atom. The fourth-order valence-corrected chi connectivity index (χ4v) is 2.95. The molecular weight excluding hydrogens is 368 g/mol. The number of carbonyl (C=O) groups excluding carboxylic acids is 3. The lowest BCUT2D eigenvalue weighted by atomic mass is 10.1. The van der Waals surface area contributed by atoms with Gasteiger partial charge >= 0.3 is 0 Å². The number of hydrogen-bond acceptors (Lipinski definition) is 3. The molecule has 1 N–H and O–H groups in total. The lowest BCUT2D eigenvalue weighted by Crippen LogP contribution is -2.52. The molecule has 1 fully saturated rings. The van der Waals surface area contributed by atoms with Gasteiger partial charge in [-0.05, 0) is 24.3 Å². The highest BCUT2D eigenvalue weighted by Crippen LogP contribution is 2.14. The van der Waals surface area contributed by atoms with E-state index in [2.05, 4.69) is 5.32 Å². The molecule has 1 aliphatic rings. The number of benzene rings is 2. The van der Waals surface area contributed by atoms with E-state index >= 15 is 0 Å². The maximum Gasteiger partial charge on any atom is 0.256 e. The van der Waals surface area contributed by atoms with Gasteiger partial charge in [0, 0.05) is 37.8 Å². The second kappa shape index (κ2) is 8.60. The molecule has 146 valence electrons. The molecule has 1 saturated heterocycles. The predicted molar refractivity (Wildman–Crippen MR) is 97.6 cm³/mol. The molecule has 1 aliphatic heterocycles. The molecule has 3 amide bonds. The second-order valence-electron chi connectivity index (χ2n) is 6.35. The second-order valence-corrected chi connectivity index (χ2v) is 6.35. The largest absolute Gasteiger partial charge is 0.343 e. The van der Waals surface area contributed by atoms with E-state index in [0.29, 0.717) is 11.6 Å². The molecule has 0 aliphatic carbocycles. The standard InChI is InChI=1S/C20H19F2N3O3/c21-15-6-7-16(17(22)12-15)20(28)25-10-8-24(9-11-25)18(26)13-23-19(27)14-4-2-1-3-5-14/h1-7,12H,8-11,13H2,(H,23,27). The number of nitrogens with zero attached hydrogens (tertiary/aromatic N) is 2. The van der Waals surface area contributed by atoms with Crippen LogP contribution in [-0.4, -0.2) is 60.2 Å². The fourth-order valence-electron chi connectivity index (χ4n) is 2.95. The van der Waals surface area contributed by atoms with Gasteiger partial charge in [-0.3, -0.25) is 14.4 Å². The highest BCUT2D eigenvalue weighted by Gasteiger charge is 2.26. The van der Waals surface area contributed by atoms with Gasteiger partial charge in [-0.25, -0.2) is 8.78 Å². The highest BCUT2D eigenvalue weighted by molar-refractivity contribution is 5.96. The van der Waals surface area contributed by atoms with Gasteiger partial charge in [0.05, 0.1) is 12.1 Å². The summed E-state index contributed by atoms with van der Waals surface area (Å²) in [5.74, 6) is -2.80. The predicted octanol–water partition coefficient (Wildman–Crippen LogP) is 1.68. The lowest BCUT2D eigenvalue weighted by molar-refractivity contribution is -0.131. The zero-order chi connectivity index (χ0) is 20.1. The SMILES string of the molecule is O=C(NCC(=O)N1CCN(C(=O)c2ccc(F)cc2F)CC1)c1ccccc1. The Bertz CT molecular complexity index is 882. The summed E-state index contributed by atoms with van der Waals surface area (Å²) in [6.45, 7) is 0.861. The smallest absolute Gasteiger partial charge is 0.256 e. The van der Waals surface area contributed by atoms with Crippen molar-refractivity contribution in [3.8, 4) is 0 Å². The first-order valence-electron chi connectivity index (χ1n) is 8.81. The van der Waals surface area contributed by atoms with Gasteiger partial charge in [0.25, 0.3) is 11.8 Å². The molecule has 0 bridgehead atoms. The summed E-state index contributed by atoms with van der Waals surface area (Å²) >= 11 is 0. The van der Waals surface area contributed by atoms with Gasteiger partial charge in [0.1, 0.15) is 11.6 Å². The molecule has 0 radical (unpaired) electrons. The lowest BCUT2D eigenvalue weighted by Gasteiger charge is -2.35. The minimum absolute atomic E-state index is 0.145. The summed E-state index contributed by atoms with van der Waals surface area (Å²) in [6, 6.07) is 11.4. The number of rotatable bonds is 4. The first kappa shape index (κ1) is 19.5. The molecule has 8 heteroatoms. The number of halogens is 2. The van der Waals surface area contributed by atoms with Crippen molar-refractivity contribution in [1.29, 1.82) is 0 Å². The van der Waals surface area contributed by atoms with E-state index < -0.39 is 17.5 Å². The summed E-state index contributed by atoms with van der Waals surface area (Å²) < 4.78 is 26.8. The van der Waals surface area contributed by atoms with E-state index in [1.807, 2.05) is 0 Å². The average molecular weight is 387 g/mol. The summed E-state index contributed by atoms with van der Waals surface area (Å²) in [5.41, 5.74) is 0.267. The maximum atomic E-state index is 13.8. The van der Waals surface area contributed by atoms with Crippen molar-refractivity contribution in [2.75, 3.05) is 32.7 Å². The van der Waals surface area contributed by atoms with Crippen molar-refractivity contribution >= 4 is 17.7 Å². The van der Waals surface area contributed by atoms with Gasteiger partial charge in [-0.2, -0.15) is 0 Å². The van der Waals surface area contributed by atoms with Crippen molar-refractivity contribution < 1.29 is 23.2 Å². The Morgan fingerprint density at radius 2 is 1.54 bits per heavy atom. The van der Waals surface area contributed by atoms with Crippen LogP contribution in [0.25, 0.3) is 0 Å². The molecular formula is C20H19F2N3O3. The quantitative estimate of drug-likeness (QED) is 0.868. The van der Waals surface area contributed by atoms with Gasteiger partial charge in [-0.1, -0.05) is 18.2 Å². The zero-order valence-electron chi connectivity index (χ0n) is 15.0. The monoisotopic (exact) mass is 387 g/mol. The van der Waals surface area contributed by atoms with Crippen molar-refractivity contribution in [2.45, 2.75) is 0 Å². The van der Waals surface area contributed by atoms with E-state index in [9.17, 15) is 23.2 Å². The fraction of sp³-hybridized carbons (Fsp3) is 0.250. The van der Waals surface area contributed by atoms with Crippen LogP contribution in [0.2, 0.25) is 0 Å². The van der Waals surface area contributed by atoms with Gasteiger partial charge in [0.15, 0.2) is 0 Å². The van der Waals surface area contributed by atoms with Crippen LogP contribution in [-0.2, 0) is 4.79 Å². The number of carbonyl (C=O) groups is 3. The third-order valence-corrected chi connectivity index (χ3v) is 4.52. The summed E-state index contributed by atoms with van der Waals surface area (Å²) in [4.78, 5) is 39.6. The van der Waals surface area contributed by atoms with Crippen LogP contribution in [0.3, 0.4) is 0 Å². The molecule has 28 heavy (non-hydrogen) atoms. The minimum atomic E-state index is -0.910. The summed E-state index contributed by atoms with van der Waals surface area (Å²) in [5, 5.41) is 2.57. The molecule has 0 aromatic heterocycles. The van der Waals surface area contributed by atoms with Crippen LogP contribution in [0.4, 0.5) is 8.78 Å². The normalized spacial score (nSPS) is 13.9. The molecule has 0 saturated carbocycles. The highest BCUT2D eigenvalue weighted by atomic mass is 19.1. The van der Waals surface area contributed by atoms with Crippen LogP contribution in [0, 0.1) is 11.6 Å². The Balaban J connectivity index is 1.50. The average Bonchev–Trinajstić information content (AvgIpc) is 2.72. The Hall–Kier alpha value is -3.29. The molecule has 3 rings (SSSR count). The third-order valence-electron chi connectivity index (χ3n) is 4.52. The minimum Gasteiger partial charge on any atom is -0.343 e. The van der Waals surface area contributed by atoms with Crippen molar-refractivity contribution in [3.05, 3.63) is 71.3 Å². The molecule has 0 spiro atoms. The first-order chi connectivity index (χ1) is 13.5. The van der Waals surface area contributed by atoms with Crippen LogP contribution < -0.4 is 5.32 Å². The van der Waals surface area contributed by atoms with E-state index in [4.69, 9.17) is 0 Å². The summed E-state index contributed by atoms with van der Waals surface area (Å²) in [6.07, 6.45) is 0. The Kier molecular flexibility index (Phi) is 5.98. The van der Waals surface area contributed by atoms with E-state index in [-0.39, 0.29) is 50.1 Å². The maximum absolute atomic E-state index is 13.8. The molecule has 2 aromatic rings. The molecule has 1 heterocycles. The van der Waals surface area contributed by atoms with Gasteiger partial charge in [-0.15, -0.1) is 0 Å². The van der Waals surface area contributed by atoms with Gasteiger partial charge in [0.2, 0.25) is 5.91 Å². The molecule has 6 nitrogen and oxygen atoms in total.